The molecule has 3 aromatic rings. The third-order valence-electron chi connectivity index (χ3n) is 5.73. The van der Waals surface area contributed by atoms with Gasteiger partial charge in [0, 0.05) is 47.6 Å². The van der Waals surface area contributed by atoms with Gasteiger partial charge in [-0.15, -0.1) is 0 Å². The number of amides is 2. The van der Waals surface area contributed by atoms with Crippen molar-refractivity contribution in [3.05, 3.63) is 72.3 Å². The molecule has 0 radical (unpaired) electrons. The van der Waals surface area contributed by atoms with E-state index >= 15 is 0 Å². The van der Waals surface area contributed by atoms with Crippen LogP contribution in [0.25, 0.3) is 0 Å². The van der Waals surface area contributed by atoms with Gasteiger partial charge in [0.15, 0.2) is 0 Å². The molecule has 0 bridgehead atoms. The van der Waals surface area contributed by atoms with E-state index in [1.165, 1.54) is 9.79 Å². The fourth-order valence-electron chi connectivity index (χ4n) is 4.27. The number of hydrogen-bond donors (Lipinski definition) is 1. The maximum absolute atomic E-state index is 12.7. The number of benzene rings is 3. The minimum Gasteiger partial charge on any atom is -0.339 e. The fraction of sp³-hybridized carbons (Fsp3) is 0.200. The molecule has 0 aliphatic carbocycles. The van der Waals surface area contributed by atoms with Crippen molar-refractivity contribution >= 4 is 46.3 Å². The standard InChI is InChI=1S/C25H23N3O2S/c1-17(29)27-14-12-18-16-19(10-11-20(18)27)26-25(30)13-15-28-21-6-2-4-8-23(21)31-24-9-5-3-7-22(24)28/h2-11,16H,12-15H2,1H3,(H,26,30). The molecule has 0 saturated heterocycles. The maximum Gasteiger partial charge on any atom is 0.226 e. The molecule has 0 unspecified atom stereocenters. The highest BCUT2D eigenvalue weighted by Gasteiger charge is 2.24. The van der Waals surface area contributed by atoms with Gasteiger partial charge in [0.25, 0.3) is 0 Å². The third kappa shape index (κ3) is 3.79. The summed E-state index contributed by atoms with van der Waals surface area (Å²) < 4.78 is 0. The van der Waals surface area contributed by atoms with Crippen molar-refractivity contribution in [2.45, 2.75) is 29.6 Å². The predicted octanol–water partition coefficient (Wildman–Crippen LogP) is 5.23. The van der Waals surface area contributed by atoms with Crippen LogP contribution in [-0.4, -0.2) is 24.9 Å². The van der Waals surface area contributed by atoms with E-state index in [-0.39, 0.29) is 11.8 Å². The van der Waals surface area contributed by atoms with E-state index in [0.717, 1.165) is 34.7 Å². The van der Waals surface area contributed by atoms with Crippen LogP contribution in [0.15, 0.2) is 76.5 Å². The molecular formula is C25H23N3O2S. The molecule has 0 atom stereocenters. The molecule has 3 aromatic carbocycles. The average molecular weight is 430 g/mol. The SMILES string of the molecule is CC(=O)N1CCc2cc(NC(=O)CCN3c4ccccc4Sc4ccccc43)ccc21. The molecule has 0 saturated carbocycles. The van der Waals surface area contributed by atoms with Crippen LogP contribution >= 0.6 is 11.8 Å². The highest BCUT2D eigenvalue weighted by atomic mass is 32.2. The summed E-state index contributed by atoms with van der Waals surface area (Å²) in [6.45, 7) is 2.89. The normalized spacial score (nSPS) is 14.0. The molecule has 31 heavy (non-hydrogen) atoms. The van der Waals surface area contributed by atoms with Crippen LogP contribution < -0.4 is 15.1 Å². The van der Waals surface area contributed by atoms with Gasteiger partial charge in [0.05, 0.1) is 11.4 Å². The minimum absolute atomic E-state index is 0.0189. The van der Waals surface area contributed by atoms with E-state index in [1.54, 1.807) is 23.6 Å². The molecule has 6 heteroatoms. The Morgan fingerprint density at radius 2 is 1.61 bits per heavy atom. The monoisotopic (exact) mass is 429 g/mol. The summed E-state index contributed by atoms with van der Waals surface area (Å²) in [4.78, 5) is 30.9. The molecule has 2 aliphatic heterocycles. The zero-order valence-electron chi connectivity index (χ0n) is 17.3. The number of para-hydroxylation sites is 2. The van der Waals surface area contributed by atoms with Gasteiger partial charge in [-0.25, -0.2) is 0 Å². The predicted molar refractivity (Wildman–Crippen MR) is 125 cm³/mol. The summed E-state index contributed by atoms with van der Waals surface area (Å²) in [6.07, 6.45) is 1.20. The average Bonchev–Trinajstić information content (AvgIpc) is 3.20. The van der Waals surface area contributed by atoms with Gasteiger partial charge < -0.3 is 15.1 Å². The van der Waals surface area contributed by atoms with Crippen molar-refractivity contribution in [2.24, 2.45) is 0 Å². The molecule has 5 nitrogen and oxygen atoms in total. The first-order valence-corrected chi connectivity index (χ1v) is 11.3. The van der Waals surface area contributed by atoms with E-state index in [4.69, 9.17) is 0 Å². The van der Waals surface area contributed by atoms with Gasteiger partial charge >= 0.3 is 0 Å². The van der Waals surface area contributed by atoms with Crippen molar-refractivity contribution in [3.8, 4) is 0 Å². The van der Waals surface area contributed by atoms with Gasteiger partial charge in [0.1, 0.15) is 0 Å². The van der Waals surface area contributed by atoms with Crippen LogP contribution in [0, 0.1) is 0 Å². The lowest BCUT2D eigenvalue weighted by Gasteiger charge is -2.32. The van der Waals surface area contributed by atoms with Crippen molar-refractivity contribution in [3.63, 3.8) is 0 Å². The molecule has 5 rings (SSSR count). The summed E-state index contributed by atoms with van der Waals surface area (Å²) in [6, 6.07) is 22.4. The van der Waals surface area contributed by atoms with Crippen molar-refractivity contribution in [2.75, 3.05) is 28.2 Å². The summed E-state index contributed by atoms with van der Waals surface area (Å²) in [7, 11) is 0. The van der Waals surface area contributed by atoms with Crippen LogP contribution in [0.4, 0.5) is 22.7 Å². The maximum atomic E-state index is 12.7. The quantitative estimate of drug-likeness (QED) is 0.617. The second-order valence-corrected chi connectivity index (χ2v) is 8.84. The Kier molecular flexibility index (Phi) is 5.16. The number of carbonyl (C=O) groups is 2. The largest absolute Gasteiger partial charge is 0.339 e. The second kappa shape index (κ2) is 8.12. The lowest BCUT2D eigenvalue weighted by atomic mass is 10.1. The van der Waals surface area contributed by atoms with Crippen LogP contribution in [0.2, 0.25) is 0 Å². The van der Waals surface area contributed by atoms with E-state index in [1.807, 2.05) is 42.5 Å². The molecule has 0 spiro atoms. The van der Waals surface area contributed by atoms with Crippen LogP contribution in [0.3, 0.4) is 0 Å². The summed E-state index contributed by atoms with van der Waals surface area (Å²) in [5.41, 5.74) is 5.11. The first-order valence-electron chi connectivity index (χ1n) is 10.4. The number of carbonyl (C=O) groups excluding carboxylic acids is 2. The smallest absolute Gasteiger partial charge is 0.226 e. The van der Waals surface area contributed by atoms with E-state index in [9.17, 15) is 9.59 Å². The molecule has 2 amide bonds. The molecular weight excluding hydrogens is 406 g/mol. The summed E-state index contributed by atoms with van der Waals surface area (Å²) in [5, 5.41) is 3.03. The van der Waals surface area contributed by atoms with Crippen molar-refractivity contribution < 1.29 is 9.59 Å². The van der Waals surface area contributed by atoms with Crippen molar-refractivity contribution in [1.82, 2.24) is 0 Å². The molecule has 0 fully saturated rings. The summed E-state index contributed by atoms with van der Waals surface area (Å²) >= 11 is 1.77. The molecule has 0 aromatic heterocycles. The summed E-state index contributed by atoms with van der Waals surface area (Å²) in [5.74, 6) is 0.0327. The van der Waals surface area contributed by atoms with E-state index in [0.29, 0.717) is 19.5 Å². The number of nitrogens with zero attached hydrogens (tertiary/aromatic N) is 2. The Bertz CT molecular complexity index is 1130. The van der Waals surface area contributed by atoms with Gasteiger partial charge in [-0.1, -0.05) is 36.0 Å². The molecule has 2 aliphatic rings. The van der Waals surface area contributed by atoms with Gasteiger partial charge in [-0.2, -0.15) is 0 Å². The minimum atomic E-state index is -0.0189. The lowest BCUT2D eigenvalue weighted by Crippen LogP contribution is -2.26. The Hall–Kier alpha value is -3.25. The van der Waals surface area contributed by atoms with Crippen LogP contribution in [0.1, 0.15) is 18.9 Å². The molecule has 2 heterocycles. The first-order chi connectivity index (χ1) is 15.1. The zero-order valence-corrected chi connectivity index (χ0v) is 18.1. The van der Waals surface area contributed by atoms with Gasteiger partial charge in [-0.05, 0) is 54.4 Å². The number of nitrogens with one attached hydrogen (secondary N) is 1. The van der Waals surface area contributed by atoms with Gasteiger partial charge in [0.2, 0.25) is 11.8 Å². The molecule has 156 valence electrons. The number of rotatable bonds is 4. The third-order valence-corrected chi connectivity index (χ3v) is 6.86. The number of anilines is 4. The first kappa shape index (κ1) is 19.7. The van der Waals surface area contributed by atoms with Crippen LogP contribution in [-0.2, 0) is 16.0 Å². The molecule has 1 N–H and O–H groups in total. The second-order valence-electron chi connectivity index (χ2n) is 7.75. The van der Waals surface area contributed by atoms with E-state index < -0.39 is 0 Å². The highest BCUT2D eigenvalue weighted by molar-refractivity contribution is 7.99. The topological polar surface area (TPSA) is 52.7 Å². The Morgan fingerprint density at radius 3 is 2.29 bits per heavy atom. The number of fused-ring (bicyclic) bond motifs is 3. The van der Waals surface area contributed by atoms with E-state index in [2.05, 4.69) is 34.5 Å². The Labute approximate surface area is 186 Å². The lowest BCUT2D eigenvalue weighted by molar-refractivity contribution is -0.117. The van der Waals surface area contributed by atoms with Crippen LogP contribution in [0.5, 0.6) is 0 Å². The Balaban J connectivity index is 1.29. The Morgan fingerprint density at radius 1 is 0.935 bits per heavy atom. The highest BCUT2D eigenvalue weighted by Crippen LogP contribution is 2.47. The zero-order chi connectivity index (χ0) is 21.4. The number of hydrogen-bond acceptors (Lipinski definition) is 4. The fourth-order valence-corrected chi connectivity index (χ4v) is 5.36. The van der Waals surface area contributed by atoms with Crippen molar-refractivity contribution in [1.29, 1.82) is 0 Å². The van der Waals surface area contributed by atoms with Gasteiger partial charge in [-0.3, -0.25) is 9.59 Å².